The van der Waals surface area contributed by atoms with Crippen LogP contribution in [0.25, 0.3) is 0 Å². The summed E-state index contributed by atoms with van der Waals surface area (Å²) in [6.45, 7) is 4.76. The predicted molar refractivity (Wildman–Crippen MR) is 91.6 cm³/mol. The van der Waals surface area contributed by atoms with Crippen molar-refractivity contribution in [2.24, 2.45) is 0 Å². The van der Waals surface area contributed by atoms with Gasteiger partial charge in [-0.1, -0.05) is 11.6 Å². The monoisotopic (exact) mass is 348 g/mol. The van der Waals surface area contributed by atoms with E-state index in [1.165, 1.54) is 0 Å². The minimum absolute atomic E-state index is 0.0980. The molecule has 1 aliphatic heterocycles. The van der Waals surface area contributed by atoms with Gasteiger partial charge in [-0.05, 0) is 37.6 Å². The fourth-order valence-corrected chi connectivity index (χ4v) is 3.07. The van der Waals surface area contributed by atoms with Gasteiger partial charge < -0.3 is 14.8 Å². The highest BCUT2D eigenvalue weighted by Crippen LogP contribution is 2.33. The number of ether oxygens (including phenoxy) is 2. The standard InChI is InChI=1S/C17H17ClN2O4/c1-10-3-11(2)16(20(21)22)6-15(10)19-7-12-4-14(18)5-13-8-23-9-24-17(12)13/h3-6,19H,7-9H2,1-2H3. The smallest absolute Gasteiger partial charge is 0.274 e. The summed E-state index contributed by atoms with van der Waals surface area (Å²) in [5, 5.41) is 15.0. The molecule has 0 fully saturated rings. The van der Waals surface area contributed by atoms with Crippen LogP contribution in [-0.4, -0.2) is 11.7 Å². The maximum Gasteiger partial charge on any atom is 0.274 e. The third-order valence-electron chi connectivity index (χ3n) is 3.96. The average Bonchev–Trinajstić information content (AvgIpc) is 2.53. The molecule has 3 rings (SSSR count). The predicted octanol–water partition coefficient (Wildman–Crippen LogP) is 4.34. The Bertz CT molecular complexity index is 808. The van der Waals surface area contributed by atoms with Crippen LogP contribution < -0.4 is 10.1 Å². The first-order chi connectivity index (χ1) is 11.5. The van der Waals surface area contributed by atoms with Gasteiger partial charge in [0.15, 0.2) is 6.79 Å². The van der Waals surface area contributed by atoms with Gasteiger partial charge in [0, 0.05) is 40.0 Å². The van der Waals surface area contributed by atoms with Gasteiger partial charge in [-0.3, -0.25) is 10.1 Å². The van der Waals surface area contributed by atoms with Gasteiger partial charge in [-0.25, -0.2) is 0 Å². The molecular weight excluding hydrogens is 332 g/mol. The molecule has 7 heteroatoms. The zero-order valence-electron chi connectivity index (χ0n) is 13.4. The lowest BCUT2D eigenvalue weighted by atomic mass is 10.1. The second-order valence-corrected chi connectivity index (χ2v) is 6.16. The molecule has 0 saturated carbocycles. The van der Waals surface area contributed by atoms with Crippen molar-refractivity contribution in [3.8, 4) is 5.75 Å². The van der Waals surface area contributed by atoms with Crippen LogP contribution >= 0.6 is 11.6 Å². The lowest BCUT2D eigenvalue weighted by Gasteiger charge is -2.21. The molecule has 2 aromatic rings. The lowest BCUT2D eigenvalue weighted by Crippen LogP contribution is -2.14. The minimum atomic E-state index is -0.373. The Morgan fingerprint density at radius 1 is 1.25 bits per heavy atom. The highest BCUT2D eigenvalue weighted by atomic mass is 35.5. The molecule has 126 valence electrons. The second-order valence-electron chi connectivity index (χ2n) is 5.73. The number of anilines is 1. The molecule has 1 aliphatic rings. The Kier molecular flexibility index (Phi) is 4.59. The summed E-state index contributed by atoms with van der Waals surface area (Å²) in [6.07, 6.45) is 0. The molecule has 2 aromatic carbocycles. The van der Waals surface area contributed by atoms with Crippen LogP contribution in [-0.2, 0) is 17.9 Å². The zero-order chi connectivity index (χ0) is 17.3. The Morgan fingerprint density at radius 3 is 2.79 bits per heavy atom. The largest absolute Gasteiger partial charge is 0.467 e. The SMILES string of the molecule is Cc1cc(C)c([N+](=O)[O-])cc1NCc1cc(Cl)cc2c1OCOC2. The van der Waals surface area contributed by atoms with E-state index >= 15 is 0 Å². The molecule has 0 spiro atoms. The van der Waals surface area contributed by atoms with Crippen LogP contribution in [0, 0.1) is 24.0 Å². The Balaban J connectivity index is 1.88. The lowest BCUT2D eigenvalue weighted by molar-refractivity contribution is -0.385. The topological polar surface area (TPSA) is 73.6 Å². The molecule has 0 radical (unpaired) electrons. The molecule has 24 heavy (non-hydrogen) atoms. The van der Waals surface area contributed by atoms with E-state index in [0.717, 1.165) is 22.4 Å². The first-order valence-electron chi connectivity index (χ1n) is 7.47. The third-order valence-corrected chi connectivity index (χ3v) is 4.18. The molecule has 6 nitrogen and oxygen atoms in total. The molecule has 0 bridgehead atoms. The second kappa shape index (κ2) is 6.67. The number of halogens is 1. The fraction of sp³-hybridized carbons (Fsp3) is 0.294. The van der Waals surface area contributed by atoms with Crippen LogP contribution in [0.3, 0.4) is 0 Å². The van der Waals surface area contributed by atoms with E-state index in [1.54, 1.807) is 19.1 Å². The number of hydrogen-bond donors (Lipinski definition) is 1. The van der Waals surface area contributed by atoms with Crippen molar-refractivity contribution < 1.29 is 14.4 Å². The number of hydrogen-bond acceptors (Lipinski definition) is 5. The van der Waals surface area contributed by atoms with Gasteiger partial charge in [0.1, 0.15) is 5.75 Å². The van der Waals surface area contributed by atoms with Crippen LogP contribution in [0.15, 0.2) is 24.3 Å². The number of nitrogens with one attached hydrogen (secondary N) is 1. The van der Waals surface area contributed by atoms with E-state index in [2.05, 4.69) is 5.32 Å². The molecule has 1 heterocycles. The van der Waals surface area contributed by atoms with Gasteiger partial charge in [0.25, 0.3) is 5.69 Å². The van der Waals surface area contributed by atoms with E-state index in [4.69, 9.17) is 21.1 Å². The van der Waals surface area contributed by atoms with Crippen LogP contribution in [0.2, 0.25) is 5.02 Å². The van der Waals surface area contributed by atoms with Crippen LogP contribution in [0.1, 0.15) is 22.3 Å². The van der Waals surface area contributed by atoms with E-state index in [-0.39, 0.29) is 17.4 Å². The van der Waals surface area contributed by atoms with Gasteiger partial charge >= 0.3 is 0 Å². The number of rotatable bonds is 4. The summed E-state index contributed by atoms with van der Waals surface area (Å²) in [5.41, 5.74) is 4.19. The van der Waals surface area contributed by atoms with Crippen LogP contribution in [0.5, 0.6) is 5.75 Å². The molecule has 0 aliphatic carbocycles. The Morgan fingerprint density at radius 2 is 2.04 bits per heavy atom. The Hall–Kier alpha value is -2.31. The average molecular weight is 349 g/mol. The van der Waals surface area contributed by atoms with E-state index in [9.17, 15) is 10.1 Å². The van der Waals surface area contributed by atoms with Crippen molar-refractivity contribution in [1.29, 1.82) is 0 Å². The molecule has 0 aromatic heterocycles. The number of nitro benzene ring substituents is 1. The minimum Gasteiger partial charge on any atom is -0.467 e. The summed E-state index contributed by atoms with van der Waals surface area (Å²) in [5.74, 6) is 0.761. The normalized spacial score (nSPS) is 13.1. The first kappa shape index (κ1) is 16.5. The quantitative estimate of drug-likeness (QED) is 0.657. The van der Waals surface area contributed by atoms with E-state index < -0.39 is 0 Å². The molecule has 0 saturated heterocycles. The van der Waals surface area contributed by atoms with Crippen molar-refractivity contribution in [1.82, 2.24) is 0 Å². The van der Waals surface area contributed by atoms with Gasteiger partial charge in [0.05, 0.1) is 11.5 Å². The fourth-order valence-electron chi connectivity index (χ4n) is 2.81. The number of nitro groups is 1. The summed E-state index contributed by atoms with van der Waals surface area (Å²) >= 11 is 6.15. The molecule has 0 amide bonds. The van der Waals surface area contributed by atoms with Crippen molar-refractivity contribution in [2.45, 2.75) is 27.0 Å². The molecule has 1 N–H and O–H groups in total. The number of nitrogens with zero attached hydrogens (tertiary/aromatic N) is 1. The number of benzene rings is 2. The number of aryl methyl sites for hydroxylation is 2. The van der Waals surface area contributed by atoms with Crippen LogP contribution in [0.4, 0.5) is 11.4 Å². The van der Waals surface area contributed by atoms with Crippen molar-refractivity contribution >= 4 is 23.0 Å². The maximum absolute atomic E-state index is 11.1. The van der Waals surface area contributed by atoms with E-state index in [1.807, 2.05) is 19.1 Å². The third kappa shape index (κ3) is 3.29. The van der Waals surface area contributed by atoms with E-state index in [0.29, 0.717) is 29.4 Å². The summed E-state index contributed by atoms with van der Waals surface area (Å²) in [7, 11) is 0. The summed E-state index contributed by atoms with van der Waals surface area (Å²) in [4.78, 5) is 10.7. The van der Waals surface area contributed by atoms with Gasteiger partial charge in [0.2, 0.25) is 0 Å². The zero-order valence-corrected chi connectivity index (χ0v) is 14.1. The highest BCUT2D eigenvalue weighted by Gasteiger charge is 2.18. The summed E-state index contributed by atoms with van der Waals surface area (Å²) in [6, 6.07) is 7.02. The van der Waals surface area contributed by atoms with Crippen molar-refractivity contribution in [3.05, 3.63) is 61.7 Å². The first-order valence-corrected chi connectivity index (χ1v) is 7.85. The number of fused-ring (bicyclic) bond motifs is 1. The summed E-state index contributed by atoms with van der Waals surface area (Å²) < 4.78 is 10.8. The van der Waals surface area contributed by atoms with Gasteiger partial charge in [-0.15, -0.1) is 0 Å². The van der Waals surface area contributed by atoms with Gasteiger partial charge in [-0.2, -0.15) is 0 Å². The molecular formula is C17H17ClN2O4. The van der Waals surface area contributed by atoms with Crippen molar-refractivity contribution in [2.75, 3.05) is 12.1 Å². The molecule has 0 unspecified atom stereocenters. The maximum atomic E-state index is 11.1. The molecule has 0 atom stereocenters. The Labute approximate surface area is 144 Å². The highest BCUT2D eigenvalue weighted by molar-refractivity contribution is 6.30. The van der Waals surface area contributed by atoms with Crippen molar-refractivity contribution in [3.63, 3.8) is 0 Å².